The molecule has 1 aromatic carbocycles. The fourth-order valence-electron chi connectivity index (χ4n) is 2.48. The maximum atomic E-state index is 9.20. The Bertz CT molecular complexity index is 935. The topological polar surface area (TPSA) is 88.7 Å². The van der Waals surface area contributed by atoms with Crippen molar-refractivity contribution in [2.45, 2.75) is 32.9 Å². The first-order valence-corrected chi connectivity index (χ1v) is 8.24. The first-order chi connectivity index (χ1) is 12.5. The van der Waals surface area contributed by atoms with E-state index in [0.717, 1.165) is 11.5 Å². The van der Waals surface area contributed by atoms with Gasteiger partial charge in [0.2, 0.25) is 5.88 Å². The van der Waals surface area contributed by atoms with E-state index in [-0.39, 0.29) is 11.4 Å². The van der Waals surface area contributed by atoms with Crippen LogP contribution in [-0.2, 0) is 12.1 Å². The molecule has 2 aromatic heterocycles. The molecular formula is C19H20N6O. The molecule has 0 spiro atoms. The standard InChI is InChI=1S/C19H20N6O/c1-19(2,3)25-17(23-13-24-25)12-22-15-8-4-5-9-16(15)26-18-14(11-20)7-6-10-21-18/h4-10,13,22H,12H2,1-3H3. The average Bonchev–Trinajstić information content (AvgIpc) is 3.10. The first-order valence-electron chi connectivity index (χ1n) is 8.24. The predicted molar refractivity (Wildman–Crippen MR) is 97.8 cm³/mol. The molecule has 0 unspecified atom stereocenters. The van der Waals surface area contributed by atoms with Crippen molar-refractivity contribution in [2.24, 2.45) is 0 Å². The lowest BCUT2D eigenvalue weighted by Gasteiger charge is -2.21. The number of hydrogen-bond donors (Lipinski definition) is 1. The summed E-state index contributed by atoms with van der Waals surface area (Å²) in [6, 6.07) is 13.0. The molecule has 0 fully saturated rings. The molecule has 0 radical (unpaired) electrons. The summed E-state index contributed by atoms with van der Waals surface area (Å²) in [5.74, 6) is 1.69. The quantitative estimate of drug-likeness (QED) is 0.756. The van der Waals surface area contributed by atoms with Gasteiger partial charge in [-0.05, 0) is 45.0 Å². The first kappa shape index (κ1) is 17.4. The van der Waals surface area contributed by atoms with Crippen molar-refractivity contribution in [3.8, 4) is 17.7 Å². The molecule has 0 aliphatic rings. The number of rotatable bonds is 5. The molecule has 132 valence electrons. The summed E-state index contributed by atoms with van der Waals surface area (Å²) in [7, 11) is 0. The summed E-state index contributed by atoms with van der Waals surface area (Å²) < 4.78 is 7.74. The van der Waals surface area contributed by atoms with E-state index in [0.29, 0.717) is 17.9 Å². The van der Waals surface area contributed by atoms with E-state index in [2.05, 4.69) is 47.2 Å². The van der Waals surface area contributed by atoms with Gasteiger partial charge in [-0.25, -0.2) is 14.6 Å². The highest BCUT2D eigenvalue weighted by molar-refractivity contribution is 5.57. The SMILES string of the molecule is CC(C)(C)n1ncnc1CNc1ccccc1Oc1ncccc1C#N. The third-order valence-corrected chi connectivity index (χ3v) is 3.68. The van der Waals surface area contributed by atoms with Crippen LogP contribution in [0.2, 0.25) is 0 Å². The Morgan fingerprint density at radius 1 is 1.15 bits per heavy atom. The zero-order valence-electron chi connectivity index (χ0n) is 15.0. The molecule has 2 heterocycles. The van der Waals surface area contributed by atoms with Crippen molar-refractivity contribution in [3.05, 3.63) is 60.3 Å². The molecule has 7 heteroatoms. The summed E-state index contributed by atoms with van der Waals surface area (Å²) >= 11 is 0. The highest BCUT2D eigenvalue weighted by Gasteiger charge is 2.18. The van der Waals surface area contributed by atoms with Gasteiger partial charge in [0, 0.05) is 6.20 Å². The van der Waals surface area contributed by atoms with Crippen molar-refractivity contribution in [1.82, 2.24) is 19.7 Å². The van der Waals surface area contributed by atoms with Crippen LogP contribution in [0.4, 0.5) is 5.69 Å². The molecule has 0 saturated heterocycles. The van der Waals surface area contributed by atoms with Crippen LogP contribution in [0.25, 0.3) is 0 Å². The molecule has 0 aliphatic heterocycles. The molecular weight excluding hydrogens is 328 g/mol. The maximum Gasteiger partial charge on any atom is 0.237 e. The number of nitrogens with one attached hydrogen (secondary N) is 1. The molecule has 0 atom stereocenters. The third-order valence-electron chi connectivity index (χ3n) is 3.68. The summed E-state index contributed by atoms with van der Waals surface area (Å²) in [4.78, 5) is 8.48. The number of ether oxygens (including phenoxy) is 1. The van der Waals surface area contributed by atoms with Crippen molar-refractivity contribution in [3.63, 3.8) is 0 Å². The Balaban J connectivity index is 1.81. The van der Waals surface area contributed by atoms with Crippen LogP contribution in [-0.4, -0.2) is 19.7 Å². The van der Waals surface area contributed by atoms with Crippen LogP contribution < -0.4 is 10.1 Å². The number of hydrogen-bond acceptors (Lipinski definition) is 6. The number of nitrogens with zero attached hydrogens (tertiary/aromatic N) is 5. The van der Waals surface area contributed by atoms with Crippen LogP contribution in [0.1, 0.15) is 32.2 Å². The minimum atomic E-state index is -0.154. The number of para-hydroxylation sites is 2. The number of benzene rings is 1. The minimum absolute atomic E-state index is 0.154. The van der Waals surface area contributed by atoms with Gasteiger partial charge in [0.15, 0.2) is 5.75 Å². The van der Waals surface area contributed by atoms with Crippen LogP contribution >= 0.6 is 0 Å². The molecule has 3 aromatic rings. The summed E-state index contributed by atoms with van der Waals surface area (Å²) in [5.41, 5.74) is 1.01. The molecule has 7 nitrogen and oxygen atoms in total. The highest BCUT2D eigenvalue weighted by Crippen LogP contribution is 2.30. The van der Waals surface area contributed by atoms with Gasteiger partial charge in [-0.3, -0.25) is 0 Å². The number of aromatic nitrogens is 4. The average molecular weight is 348 g/mol. The monoisotopic (exact) mass is 348 g/mol. The minimum Gasteiger partial charge on any atom is -0.436 e. The second-order valence-corrected chi connectivity index (χ2v) is 6.68. The van der Waals surface area contributed by atoms with Gasteiger partial charge in [-0.1, -0.05) is 12.1 Å². The maximum absolute atomic E-state index is 9.20. The van der Waals surface area contributed by atoms with E-state index < -0.39 is 0 Å². The van der Waals surface area contributed by atoms with Gasteiger partial charge in [-0.2, -0.15) is 10.4 Å². The van der Waals surface area contributed by atoms with Crippen molar-refractivity contribution < 1.29 is 4.74 Å². The van der Waals surface area contributed by atoms with E-state index in [1.165, 1.54) is 0 Å². The molecule has 0 aliphatic carbocycles. The number of pyridine rings is 1. The fraction of sp³-hybridized carbons (Fsp3) is 0.263. The Kier molecular flexibility index (Phi) is 4.85. The molecule has 0 saturated carbocycles. The molecule has 26 heavy (non-hydrogen) atoms. The molecule has 1 N–H and O–H groups in total. The van der Waals surface area contributed by atoms with Gasteiger partial charge in [-0.15, -0.1) is 0 Å². The van der Waals surface area contributed by atoms with E-state index >= 15 is 0 Å². The van der Waals surface area contributed by atoms with Crippen LogP contribution in [0.5, 0.6) is 11.6 Å². The molecule has 0 bridgehead atoms. The van der Waals surface area contributed by atoms with E-state index in [4.69, 9.17) is 4.74 Å². The van der Waals surface area contributed by atoms with Gasteiger partial charge >= 0.3 is 0 Å². The Morgan fingerprint density at radius 2 is 1.96 bits per heavy atom. The summed E-state index contributed by atoms with van der Waals surface area (Å²) in [5, 5.41) is 16.8. The lowest BCUT2D eigenvalue weighted by Crippen LogP contribution is -2.26. The lowest BCUT2D eigenvalue weighted by atomic mass is 10.1. The largest absolute Gasteiger partial charge is 0.436 e. The Morgan fingerprint density at radius 3 is 2.73 bits per heavy atom. The zero-order chi connectivity index (χ0) is 18.6. The number of anilines is 1. The Hall–Kier alpha value is -3.40. The zero-order valence-corrected chi connectivity index (χ0v) is 15.0. The summed E-state index contributed by atoms with van der Waals surface area (Å²) in [6.07, 6.45) is 3.15. The second kappa shape index (κ2) is 7.23. The van der Waals surface area contributed by atoms with Gasteiger partial charge < -0.3 is 10.1 Å². The van der Waals surface area contributed by atoms with Crippen LogP contribution in [0, 0.1) is 11.3 Å². The smallest absolute Gasteiger partial charge is 0.237 e. The van der Waals surface area contributed by atoms with Crippen molar-refractivity contribution in [2.75, 3.05) is 5.32 Å². The van der Waals surface area contributed by atoms with Gasteiger partial charge in [0.1, 0.15) is 23.8 Å². The molecule has 0 amide bonds. The highest BCUT2D eigenvalue weighted by atomic mass is 16.5. The van der Waals surface area contributed by atoms with E-state index in [1.54, 1.807) is 24.7 Å². The summed E-state index contributed by atoms with van der Waals surface area (Å²) in [6.45, 7) is 6.72. The van der Waals surface area contributed by atoms with Gasteiger partial charge in [0.25, 0.3) is 0 Å². The lowest BCUT2D eigenvalue weighted by molar-refractivity contribution is 0.343. The van der Waals surface area contributed by atoms with Crippen LogP contribution in [0.15, 0.2) is 48.9 Å². The van der Waals surface area contributed by atoms with E-state index in [9.17, 15) is 5.26 Å². The van der Waals surface area contributed by atoms with E-state index in [1.807, 2.05) is 28.9 Å². The fourth-order valence-corrected chi connectivity index (χ4v) is 2.48. The van der Waals surface area contributed by atoms with Crippen molar-refractivity contribution in [1.29, 1.82) is 5.26 Å². The second-order valence-electron chi connectivity index (χ2n) is 6.68. The normalized spacial score (nSPS) is 11.0. The van der Waals surface area contributed by atoms with Gasteiger partial charge in [0.05, 0.1) is 17.8 Å². The predicted octanol–water partition coefficient (Wildman–Crippen LogP) is 3.70. The van der Waals surface area contributed by atoms with Crippen molar-refractivity contribution >= 4 is 5.69 Å². The Labute approximate surface area is 152 Å². The molecule has 3 rings (SSSR count). The third kappa shape index (κ3) is 3.81. The van der Waals surface area contributed by atoms with Crippen LogP contribution in [0.3, 0.4) is 0 Å². The number of nitriles is 1.